The lowest BCUT2D eigenvalue weighted by Gasteiger charge is -2.50. The Hall–Kier alpha value is -4.10. The third-order valence-corrected chi connectivity index (χ3v) is 12.8. The molecule has 6 rings (SSSR count). The molecule has 3 aromatic rings. The van der Waals surface area contributed by atoms with Gasteiger partial charge in [0.25, 0.3) is 0 Å². The van der Waals surface area contributed by atoms with Crippen molar-refractivity contribution in [3.8, 4) is 17.2 Å². The van der Waals surface area contributed by atoms with Gasteiger partial charge >= 0.3 is 12.1 Å². The zero-order valence-electron chi connectivity index (χ0n) is 29.2. The molecule has 3 fully saturated rings. The average molecular weight is 753 g/mol. The Morgan fingerprint density at radius 3 is 2.48 bits per heavy atom. The molecule has 0 bridgehead atoms. The fourth-order valence-corrected chi connectivity index (χ4v) is 9.77. The van der Waals surface area contributed by atoms with Gasteiger partial charge in [0.1, 0.15) is 23.9 Å². The number of carboxylic acid groups (broad SMARTS) is 1. The highest BCUT2D eigenvalue weighted by atomic mass is 35.5. The maximum absolute atomic E-state index is 14.1. The second kappa shape index (κ2) is 16.3. The number of amides is 1. The zero-order valence-corrected chi connectivity index (χ0v) is 30.8. The highest BCUT2D eigenvalue weighted by Gasteiger charge is 2.48. The number of carbonyl (C=O) groups is 2. The molecular weight excluding hydrogens is 708 g/mol. The minimum Gasteiger partial charge on any atom is -0.482 e. The number of aliphatic carboxylic acids is 1. The third kappa shape index (κ3) is 8.91. The first-order valence-electron chi connectivity index (χ1n) is 17.6. The second-order valence-corrected chi connectivity index (χ2v) is 16.7. The van der Waals surface area contributed by atoms with E-state index < -0.39 is 45.5 Å². The van der Waals surface area contributed by atoms with Crippen molar-refractivity contribution in [2.75, 3.05) is 39.4 Å². The lowest BCUT2D eigenvalue weighted by Crippen LogP contribution is -2.54. The predicted molar refractivity (Wildman–Crippen MR) is 196 cm³/mol. The van der Waals surface area contributed by atoms with E-state index in [2.05, 4.69) is 6.58 Å². The summed E-state index contributed by atoms with van der Waals surface area (Å²) in [5.74, 6) is 0.0678. The normalized spacial score (nSPS) is 22.8. The lowest BCUT2D eigenvalue weighted by atomic mass is 9.69. The van der Waals surface area contributed by atoms with Gasteiger partial charge in [0.15, 0.2) is 6.61 Å². The van der Waals surface area contributed by atoms with Crippen molar-refractivity contribution in [3.05, 3.63) is 101 Å². The van der Waals surface area contributed by atoms with Crippen LogP contribution in [0, 0.1) is 11.3 Å². The molecule has 3 aromatic carbocycles. The van der Waals surface area contributed by atoms with Crippen molar-refractivity contribution in [1.29, 1.82) is 0 Å². The highest BCUT2D eigenvalue weighted by Crippen LogP contribution is 2.51. The molecule has 11 nitrogen and oxygen atoms in total. The molecule has 0 aromatic heterocycles. The predicted octanol–water partition coefficient (Wildman–Crippen LogP) is 7.46. The third-order valence-electron chi connectivity index (χ3n) is 10.2. The van der Waals surface area contributed by atoms with E-state index in [0.29, 0.717) is 86.3 Å². The Morgan fingerprint density at radius 2 is 1.77 bits per heavy atom. The number of nitrogens with zero attached hydrogens (tertiary/aromatic N) is 2. The van der Waals surface area contributed by atoms with E-state index in [1.54, 1.807) is 51.7 Å². The monoisotopic (exact) mass is 752 g/mol. The van der Waals surface area contributed by atoms with Gasteiger partial charge in [0.05, 0.1) is 18.0 Å². The fourth-order valence-electron chi connectivity index (χ4n) is 7.53. The molecule has 3 heterocycles. The van der Waals surface area contributed by atoms with Crippen molar-refractivity contribution in [2.24, 2.45) is 11.3 Å². The molecule has 3 atom stereocenters. The number of sulfonamides is 1. The second-order valence-electron chi connectivity index (χ2n) is 14.0. The number of halogens is 1. The standard InChI is InChI=1S/C39H45ClN2O9S/c1-27(2)34-22-39(26-50-37(34)33-21-31(12-13-35(33)48-24-36(43)44)51-30-11-6-10-29(40)20-30)16-7-17-42(25-39)52(46,47)32-14-18-41(19-15-32)38(45)49-23-28-8-4-3-5-9-28/h3-6,8-13,20-21,32,34,37H,1,7,14-19,22-26H2,2H3,(H,43,44)/t34-,37-,39+/m1/s1. The molecule has 1 amide bonds. The van der Waals surface area contributed by atoms with Crippen LogP contribution in [-0.2, 0) is 30.9 Å². The first-order valence-corrected chi connectivity index (χ1v) is 19.4. The first kappa shape index (κ1) is 37.7. The fraction of sp³-hybridized carbons (Fsp3) is 0.436. The van der Waals surface area contributed by atoms with Crippen LogP contribution in [0.2, 0.25) is 5.02 Å². The van der Waals surface area contributed by atoms with Crippen LogP contribution < -0.4 is 9.47 Å². The van der Waals surface area contributed by atoms with Crippen LogP contribution in [0.1, 0.15) is 56.3 Å². The quantitative estimate of drug-likeness (QED) is 0.198. The number of ether oxygens (including phenoxy) is 4. The highest BCUT2D eigenvalue weighted by molar-refractivity contribution is 7.89. The number of carboxylic acids is 1. The molecule has 1 spiro atoms. The zero-order chi connectivity index (χ0) is 36.9. The molecule has 278 valence electrons. The molecule has 52 heavy (non-hydrogen) atoms. The van der Waals surface area contributed by atoms with Gasteiger partial charge in [-0.1, -0.05) is 60.2 Å². The number of piperidine rings is 2. The maximum Gasteiger partial charge on any atom is 0.410 e. The van der Waals surface area contributed by atoms with E-state index in [-0.39, 0.29) is 12.5 Å². The number of rotatable bonds is 11. The van der Waals surface area contributed by atoms with Gasteiger partial charge in [-0.05, 0) is 81.0 Å². The number of likely N-dealkylation sites (tertiary alicyclic amines) is 1. The Morgan fingerprint density at radius 1 is 1.02 bits per heavy atom. The Kier molecular flexibility index (Phi) is 11.8. The smallest absolute Gasteiger partial charge is 0.410 e. The van der Waals surface area contributed by atoms with Crippen molar-refractivity contribution in [1.82, 2.24) is 9.21 Å². The van der Waals surface area contributed by atoms with E-state index in [4.69, 9.17) is 30.5 Å². The summed E-state index contributed by atoms with van der Waals surface area (Å²) in [6.07, 6.45) is 1.82. The largest absolute Gasteiger partial charge is 0.482 e. The molecule has 1 N–H and O–H groups in total. The lowest BCUT2D eigenvalue weighted by molar-refractivity contribution is -0.139. The van der Waals surface area contributed by atoms with Crippen LogP contribution in [0.15, 0.2) is 84.9 Å². The number of hydrogen-bond donors (Lipinski definition) is 1. The Bertz CT molecular complexity index is 1870. The average Bonchev–Trinajstić information content (AvgIpc) is 3.14. The van der Waals surface area contributed by atoms with Crippen LogP contribution in [0.3, 0.4) is 0 Å². The Labute approximate surface area is 310 Å². The van der Waals surface area contributed by atoms with Gasteiger partial charge in [-0.3, -0.25) is 0 Å². The number of carbonyl (C=O) groups excluding carboxylic acids is 1. The maximum atomic E-state index is 14.1. The van der Waals surface area contributed by atoms with Crippen LogP contribution in [0.25, 0.3) is 0 Å². The van der Waals surface area contributed by atoms with Crippen LogP contribution in [0.4, 0.5) is 4.79 Å². The van der Waals surface area contributed by atoms with Gasteiger partial charge in [-0.15, -0.1) is 0 Å². The van der Waals surface area contributed by atoms with E-state index in [9.17, 15) is 23.1 Å². The first-order chi connectivity index (χ1) is 24.9. The molecule has 3 aliphatic rings. The molecule has 13 heteroatoms. The van der Waals surface area contributed by atoms with Crippen LogP contribution in [0.5, 0.6) is 17.2 Å². The minimum atomic E-state index is -3.65. The molecule has 3 saturated heterocycles. The van der Waals surface area contributed by atoms with Crippen molar-refractivity contribution >= 4 is 33.7 Å². The molecule has 0 radical (unpaired) electrons. The molecule has 0 unspecified atom stereocenters. The summed E-state index contributed by atoms with van der Waals surface area (Å²) in [5.41, 5.74) is 1.94. The van der Waals surface area contributed by atoms with E-state index in [1.165, 1.54) is 0 Å². The van der Waals surface area contributed by atoms with Gasteiger partial charge in [-0.2, -0.15) is 0 Å². The van der Waals surface area contributed by atoms with Gasteiger partial charge < -0.3 is 29.0 Å². The summed E-state index contributed by atoms with van der Waals surface area (Å²) in [6.45, 7) is 7.54. The van der Waals surface area contributed by atoms with Crippen molar-refractivity contribution in [2.45, 2.75) is 57.0 Å². The molecule has 3 aliphatic heterocycles. The number of benzene rings is 3. The summed E-state index contributed by atoms with van der Waals surface area (Å²) in [7, 11) is -3.65. The topological polar surface area (TPSA) is 132 Å². The SMILES string of the molecule is C=C(C)[C@H]1C[C@]2(CCCN(S(=O)(=O)C3CCN(C(=O)OCc4ccccc4)CC3)C2)CO[C@@H]1c1cc(Oc2cccc(Cl)c2)ccc1OCC(=O)O. The summed E-state index contributed by atoms with van der Waals surface area (Å²) in [4.78, 5) is 25.7. The summed E-state index contributed by atoms with van der Waals surface area (Å²) in [5, 5.41) is 9.29. The van der Waals surface area contributed by atoms with Gasteiger partial charge in [0.2, 0.25) is 10.0 Å². The van der Waals surface area contributed by atoms with Gasteiger partial charge in [-0.25, -0.2) is 22.3 Å². The minimum absolute atomic E-state index is 0.167. The Balaban J connectivity index is 1.14. The molecule has 0 saturated carbocycles. The summed E-state index contributed by atoms with van der Waals surface area (Å²) < 4.78 is 53.8. The molecule has 0 aliphatic carbocycles. The van der Waals surface area contributed by atoms with Crippen LogP contribution in [-0.4, -0.2) is 79.4 Å². The summed E-state index contributed by atoms with van der Waals surface area (Å²) in [6, 6.07) is 21.6. The summed E-state index contributed by atoms with van der Waals surface area (Å²) >= 11 is 6.17. The molecular formula is C39H45ClN2O9S. The van der Waals surface area contributed by atoms with E-state index in [0.717, 1.165) is 17.6 Å². The van der Waals surface area contributed by atoms with Crippen molar-refractivity contribution in [3.63, 3.8) is 0 Å². The van der Waals surface area contributed by atoms with Gasteiger partial charge in [0, 0.05) is 48.1 Å². The number of hydrogen-bond acceptors (Lipinski definition) is 8. The van der Waals surface area contributed by atoms with E-state index >= 15 is 0 Å². The van der Waals surface area contributed by atoms with Crippen LogP contribution >= 0.6 is 11.6 Å². The van der Waals surface area contributed by atoms with E-state index in [1.807, 2.05) is 37.3 Å². The van der Waals surface area contributed by atoms with Crippen molar-refractivity contribution < 1.29 is 42.1 Å².